The number of anilines is 2. The van der Waals surface area contributed by atoms with Crippen molar-refractivity contribution in [2.45, 2.75) is 25.9 Å². The van der Waals surface area contributed by atoms with Gasteiger partial charge in [0.1, 0.15) is 16.6 Å². The second-order valence-electron chi connectivity index (χ2n) is 8.54. The second-order valence-corrected chi connectivity index (χ2v) is 10.2. The van der Waals surface area contributed by atoms with Gasteiger partial charge in [0.25, 0.3) is 11.8 Å². The average Bonchev–Trinajstić information content (AvgIpc) is 3.55. The molecule has 0 radical (unpaired) electrons. The van der Waals surface area contributed by atoms with E-state index in [4.69, 9.17) is 21.7 Å². The molecule has 0 spiro atoms. The van der Waals surface area contributed by atoms with Crippen molar-refractivity contribution in [2.24, 2.45) is 0 Å². The van der Waals surface area contributed by atoms with Gasteiger partial charge in [0.15, 0.2) is 0 Å². The van der Waals surface area contributed by atoms with Gasteiger partial charge in [0.05, 0.1) is 35.4 Å². The van der Waals surface area contributed by atoms with Crippen LogP contribution in [0.4, 0.5) is 11.4 Å². The highest BCUT2D eigenvalue weighted by Crippen LogP contribution is 2.44. The maximum Gasteiger partial charge on any atom is 0.267 e. The van der Waals surface area contributed by atoms with Crippen LogP contribution in [0.25, 0.3) is 5.57 Å². The van der Waals surface area contributed by atoms with Gasteiger partial charge in [-0.15, -0.1) is 0 Å². The van der Waals surface area contributed by atoms with E-state index in [1.54, 1.807) is 42.5 Å². The summed E-state index contributed by atoms with van der Waals surface area (Å²) in [7, 11) is 0. The van der Waals surface area contributed by atoms with Crippen LogP contribution in [0.5, 0.6) is 5.75 Å². The van der Waals surface area contributed by atoms with Gasteiger partial charge in [-0.3, -0.25) is 24.2 Å². The Labute approximate surface area is 218 Å². The number of nitrogens with zero attached hydrogens (tertiary/aromatic N) is 2. The Morgan fingerprint density at radius 1 is 1.14 bits per heavy atom. The molecule has 2 saturated heterocycles. The zero-order valence-corrected chi connectivity index (χ0v) is 21.3. The molecule has 3 amide bonds. The highest BCUT2D eigenvalue weighted by Gasteiger charge is 2.43. The van der Waals surface area contributed by atoms with E-state index in [9.17, 15) is 14.4 Å². The number of thioether (sulfide) groups is 1. The Morgan fingerprint density at radius 3 is 2.64 bits per heavy atom. The molecule has 1 N–H and O–H groups in total. The minimum absolute atomic E-state index is 0.0498. The van der Waals surface area contributed by atoms with E-state index in [0.29, 0.717) is 51.7 Å². The maximum atomic E-state index is 13.6. The zero-order chi connectivity index (χ0) is 25.2. The van der Waals surface area contributed by atoms with Crippen LogP contribution in [0.15, 0.2) is 53.4 Å². The van der Waals surface area contributed by atoms with E-state index in [1.807, 2.05) is 13.0 Å². The third-order valence-corrected chi connectivity index (χ3v) is 7.61. The van der Waals surface area contributed by atoms with E-state index in [-0.39, 0.29) is 30.0 Å². The Hall–Kier alpha value is -3.21. The number of amides is 3. The average molecular weight is 524 g/mol. The standard InChI is InChI=1S/C26H25N3O5S2/c1-2-33-17-11-9-16(10-12-17)27-21(30)15-28-20-8-4-3-7-19(20)22(24(28)31)23-25(32)29(26(35)36-23)14-18-6-5-13-34-18/h3-4,7-12,18H,2,5-6,13-15H2,1H3,(H,27,30). The predicted molar refractivity (Wildman–Crippen MR) is 143 cm³/mol. The van der Waals surface area contributed by atoms with Crippen LogP contribution in [0.1, 0.15) is 25.3 Å². The molecule has 0 aromatic heterocycles. The lowest BCUT2D eigenvalue weighted by Gasteiger charge is -2.18. The minimum atomic E-state index is -0.393. The lowest BCUT2D eigenvalue weighted by atomic mass is 10.1. The largest absolute Gasteiger partial charge is 0.494 e. The molecule has 10 heteroatoms. The van der Waals surface area contributed by atoms with Crippen LogP contribution < -0.4 is 15.0 Å². The van der Waals surface area contributed by atoms with Crippen LogP contribution in [-0.4, -0.2) is 59.3 Å². The molecule has 8 nitrogen and oxygen atoms in total. The molecule has 36 heavy (non-hydrogen) atoms. The number of hydrogen-bond donors (Lipinski definition) is 1. The first-order valence-corrected chi connectivity index (χ1v) is 13.0. The van der Waals surface area contributed by atoms with E-state index in [1.165, 1.54) is 9.80 Å². The van der Waals surface area contributed by atoms with Gasteiger partial charge in [-0.1, -0.05) is 42.2 Å². The molecule has 1 atom stereocenters. The quantitative estimate of drug-likeness (QED) is 0.436. The summed E-state index contributed by atoms with van der Waals surface area (Å²) in [6.07, 6.45) is 1.79. The van der Waals surface area contributed by atoms with E-state index >= 15 is 0 Å². The monoisotopic (exact) mass is 523 g/mol. The summed E-state index contributed by atoms with van der Waals surface area (Å²) >= 11 is 6.61. The second kappa shape index (κ2) is 10.4. The molecule has 3 aliphatic heterocycles. The Balaban J connectivity index is 1.36. The van der Waals surface area contributed by atoms with Gasteiger partial charge >= 0.3 is 0 Å². The van der Waals surface area contributed by atoms with Gasteiger partial charge in [0.2, 0.25) is 5.91 Å². The van der Waals surface area contributed by atoms with Crippen LogP contribution >= 0.6 is 24.0 Å². The molecule has 2 aromatic carbocycles. The number of fused-ring (bicyclic) bond motifs is 1. The number of thiocarbonyl (C=S) groups is 1. The molecule has 186 valence electrons. The lowest BCUT2D eigenvalue weighted by molar-refractivity contribution is -0.123. The van der Waals surface area contributed by atoms with Gasteiger partial charge in [-0.05, 0) is 50.1 Å². The van der Waals surface area contributed by atoms with Gasteiger partial charge in [0, 0.05) is 17.9 Å². The molecule has 0 saturated carbocycles. The van der Waals surface area contributed by atoms with Crippen molar-refractivity contribution in [3.63, 3.8) is 0 Å². The van der Waals surface area contributed by atoms with Crippen molar-refractivity contribution in [3.8, 4) is 5.75 Å². The first-order valence-electron chi connectivity index (χ1n) is 11.8. The van der Waals surface area contributed by atoms with Crippen LogP contribution in [0, 0.1) is 0 Å². The highest BCUT2D eigenvalue weighted by atomic mass is 32.2. The summed E-state index contributed by atoms with van der Waals surface area (Å²) in [5, 5.41) is 2.82. The summed E-state index contributed by atoms with van der Waals surface area (Å²) in [5.41, 5.74) is 2.09. The number of rotatable bonds is 7. The summed E-state index contributed by atoms with van der Waals surface area (Å²) < 4.78 is 11.5. The molecule has 2 aromatic rings. The van der Waals surface area contributed by atoms with Crippen LogP contribution in [0.2, 0.25) is 0 Å². The van der Waals surface area contributed by atoms with Crippen molar-refractivity contribution in [3.05, 3.63) is 59.0 Å². The van der Waals surface area contributed by atoms with E-state index in [0.717, 1.165) is 24.6 Å². The predicted octanol–water partition coefficient (Wildman–Crippen LogP) is 3.82. The third kappa shape index (κ3) is 4.76. The number of nitrogens with one attached hydrogen (secondary N) is 1. The molecular weight excluding hydrogens is 498 g/mol. The molecule has 3 aliphatic rings. The molecule has 0 bridgehead atoms. The van der Waals surface area contributed by atoms with Crippen LogP contribution in [0.3, 0.4) is 0 Å². The fourth-order valence-corrected chi connectivity index (χ4v) is 5.85. The first-order chi connectivity index (χ1) is 17.5. The Kier molecular flexibility index (Phi) is 7.08. The van der Waals surface area contributed by atoms with Crippen molar-refractivity contribution >= 4 is 63.0 Å². The maximum absolute atomic E-state index is 13.6. The van der Waals surface area contributed by atoms with Gasteiger partial charge in [-0.2, -0.15) is 0 Å². The lowest BCUT2D eigenvalue weighted by Crippen LogP contribution is -2.36. The SMILES string of the molecule is CCOc1ccc(NC(=O)CN2C(=O)C(=C3SC(=S)N(CC4CCCO4)C3=O)c3ccccc32)cc1. The van der Waals surface area contributed by atoms with Crippen molar-refractivity contribution in [2.75, 3.05) is 36.5 Å². The molecule has 3 heterocycles. The Bertz CT molecular complexity index is 1250. The van der Waals surface area contributed by atoms with Crippen LogP contribution in [-0.2, 0) is 19.1 Å². The summed E-state index contributed by atoms with van der Waals surface area (Å²) in [6.45, 7) is 3.32. The van der Waals surface area contributed by atoms with Crippen molar-refractivity contribution in [1.82, 2.24) is 4.90 Å². The third-order valence-electron chi connectivity index (χ3n) is 6.16. The Morgan fingerprint density at radius 2 is 1.92 bits per heavy atom. The van der Waals surface area contributed by atoms with Gasteiger partial charge < -0.3 is 14.8 Å². The number of carbonyl (C=O) groups is 3. The number of hydrogen-bond acceptors (Lipinski definition) is 7. The topological polar surface area (TPSA) is 88.2 Å². The molecule has 1 unspecified atom stereocenters. The smallest absolute Gasteiger partial charge is 0.267 e. The van der Waals surface area contributed by atoms with Crippen molar-refractivity contribution in [1.29, 1.82) is 0 Å². The normalized spacial score (nSPS) is 21.4. The number of para-hydroxylation sites is 1. The number of carbonyl (C=O) groups excluding carboxylic acids is 3. The van der Waals surface area contributed by atoms with E-state index < -0.39 is 5.91 Å². The summed E-state index contributed by atoms with van der Waals surface area (Å²) in [4.78, 5) is 43.0. The molecule has 5 rings (SSSR count). The summed E-state index contributed by atoms with van der Waals surface area (Å²) in [5.74, 6) is -0.329. The number of ether oxygens (including phenoxy) is 2. The first kappa shape index (κ1) is 24.5. The molecule has 2 fully saturated rings. The highest BCUT2D eigenvalue weighted by molar-refractivity contribution is 8.26. The molecular formula is C26H25N3O5S2. The van der Waals surface area contributed by atoms with Gasteiger partial charge in [-0.25, -0.2) is 0 Å². The fourth-order valence-electron chi connectivity index (χ4n) is 4.50. The number of benzene rings is 2. The molecule has 0 aliphatic carbocycles. The minimum Gasteiger partial charge on any atom is -0.494 e. The fraction of sp³-hybridized carbons (Fsp3) is 0.308. The zero-order valence-electron chi connectivity index (χ0n) is 19.7. The summed E-state index contributed by atoms with van der Waals surface area (Å²) in [6, 6.07) is 14.2. The van der Waals surface area contributed by atoms with Crippen molar-refractivity contribution < 1.29 is 23.9 Å². The van der Waals surface area contributed by atoms with E-state index in [2.05, 4.69) is 5.32 Å².